The van der Waals surface area contributed by atoms with E-state index in [4.69, 9.17) is 10.5 Å². The summed E-state index contributed by atoms with van der Waals surface area (Å²) in [7, 11) is 0. The van der Waals surface area contributed by atoms with Gasteiger partial charge in [0.15, 0.2) is 6.10 Å². The van der Waals surface area contributed by atoms with Gasteiger partial charge in [0.05, 0.1) is 4.47 Å². The largest absolute Gasteiger partial charge is 0.480 e. The highest BCUT2D eigenvalue weighted by Gasteiger charge is 2.17. The second kappa shape index (κ2) is 6.02. The number of amides is 3. The number of ether oxygens (including phenoxy) is 1. The molecule has 0 aliphatic carbocycles. The molecule has 3 N–H and O–H groups in total. The molecule has 1 unspecified atom stereocenters. The van der Waals surface area contributed by atoms with Crippen LogP contribution in [0.4, 0.5) is 4.79 Å². The molecule has 0 saturated heterocycles. The first kappa shape index (κ1) is 14.0. The van der Waals surface area contributed by atoms with Crippen LogP contribution in [-0.2, 0) is 4.79 Å². The van der Waals surface area contributed by atoms with E-state index in [-0.39, 0.29) is 0 Å². The topological polar surface area (TPSA) is 81.4 Å². The molecular weight excluding hydrogens is 356 g/mol. The van der Waals surface area contributed by atoms with Gasteiger partial charge in [0.2, 0.25) is 0 Å². The van der Waals surface area contributed by atoms with Crippen molar-refractivity contribution in [2.24, 2.45) is 5.73 Å². The van der Waals surface area contributed by atoms with Gasteiger partial charge in [-0.3, -0.25) is 10.1 Å². The number of carbonyl (C=O) groups excluding carboxylic acids is 2. The Hall–Kier alpha value is -1.08. The molecule has 0 aromatic heterocycles. The Morgan fingerprint density at radius 1 is 1.41 bits per heavy atom. The lowest BCUT2D eigenvalue weighted by molar-refractivity contribution is -0.126. The summed E-state index contributed by atoms with van der Waals surface area (Å²) in [5, 5.41) is 1.94. The minimum absolute atomic E-state index is 0.500. The molecule has 0 aliphatic heterocycles. The maximum Gasteiger partial charge on any atom is 0.318 e. The molecule has 92 valence electrons. The van der Waals surface area contributed by atoms with Crippen LogP contribution in [0.25, 0.3) is 0 Å². The second-order valence-electron chi connectivity index (χ2n) is 3.19. The third kappa shape index (κ3) is 4.35. The summed E-state index contributed by atoms with van der Waals surface area (Å²) in [6.07, 6.45) is -0.819. The summed E-state index contributed by atoms with van der Waals surface area (Å²) in [6.45, 7) is 1.52. The maximum absolute atomic E-state index is 11.4. The average molecular weight is 366 g/mol. The number of halogens is 2. The standard InChI is InChI=1S/C10H10Br2N2O3/c1-5(9(15)14-10(13)16)17-8-3-2-6(11)4-7(8)12/h2-5H,1H3,(H3,13,14,15,16). The molecule has 0 radical (unpaired) electrons. The fourth-order valence-corrected chi connectivity index (χ4v) is 2.18. The number of hydrogen-bond acceptors (Lipinski definition) is 3. The molecule has 5 nitrogen and oxygen atoms in total. The van der Waals surface area contributed by atoms with E-state index in [9.17, 15) is 9.59 Å². The van der Waals surface area contributed by atoms with E-state index in [2.05, 4.69) is 31.9 Å². The molecule has 0 aliphatic rings. The Balaban J connectivity index is 2.70. The Morgan fingerprint density at radius 3 is 2.59 bits per heavy atom. The van der Waals surface area contributed by atoms with E-state index in [1.165, 1.54) is 6.92 Å². The third-order valence-corrected chi connectivity index (χ3v) is 2.93. The van der Waals surface area contributed by atoms with Crippen molar-refractivity contribution in [1.29, 1.82) is 0 Å². The number of nitrogens with one attached hydrogen (secondary N) is 1. The third-order valence-electron chi connectivity index (χ3n) is 1.81. The molecule has 1 aromatic carbocycles. The lowest BCUT2D eigenvalue weighted by atomic mass is 10.3. The number of imide groups is 1. The lowest BCUT2D eigenvalue weighted by Crippen LogP contribution is -2.42. The Labute approximate surface area is 115 Å². The van der Waals surface area contributed by atoms with Gasteiger partial charge in [-0.25, -0.2) is 4.79 Å². The zero-order valence-electron chi connectivity index (χ0n) is 8.87. The smallest absolute Gasteiger partial charge is 0.318 e. The van der Waals surface area contributed by atoms with E-state index in [1.807, 2.05) is 5.32 Å². The second-order valence-corrected chi connectivity index (χ2v) is 4.96. The van der Waals surface area contributed by atoms with Gasteiger partial charge < -0.3 is 10.5 Å². The number of benzene rings is 1. The van der Waals surface area contributed by atoms with Gasteiger partial charge in [0, 0.05) is 4.47 Å². The van der Waals surface area contributed by atoms with Crippen LogP contribution >= 0.6 is 31.9 Å². The van der Waals surface area contributed by atoms with Crippen molar-refractivity contribution in [3.8, 4) is 5.75 Å². The van der Waals surface area contributed by atoms with Gasteiger partial charge in [-0.15, -0.1) is 0 Å². The average Bonchev–Trinajstić information content (AvgIpc) is 2.21. The molecular formula is C10H10Br2N2O3. The van der Waals surface area contributed by atoms with E-state index in [0.717, 1.165) is 4.47 Å². The van der Waals surface area contributed by atoms with Gasteiger partial charge >= 0.3 is 6.03 Å². The molecule has 0 fully saturated rings. The number of hydrogen-bond donors (Lipinski definition) is 2. The molecule has 0 spiro atoms. The zero-order chi connectivity index (χ0) is 13.0. The van der Waals surface area contributed by atoms with E-state index in [1.54, 1.807) is 18.2 Å². The Bertz CT molecular complexity index is 451. The van der Waals surface area contributed by atoms with Gasteiger partial charge in [0.25, 0.3) is 5.91 Å². The van der Waals surface area contributed by atoms with Crippen molar-refractivity contribution >= 4 is 43.8 Å². The first-order valence-corrected chi connectivity index (χ1v) is 6.20. The SMILES string of the molecule is CC(Oc1ccc(Br)cc1Br)C(=O)NC(N)=O. The zero-order valence-corrected chi connectivity index (χ0v) is 12.0. The van der Waals surface area contributed by atoms with Crippen LogP contribution in [0.2, 0.25) is 0 Å². The van der Waals surface area contributed by atoms with Crippen LogP contribution in [0.1, 0.15) is 6.92 Å². The van der Waals surface area contributed by atoms with Crippen molar-refractivity contribution in [3.05, 3.63) is 27.1 Å². The van der Waals surface area contributed by atoms with Gasteiger partial charge in [0.1, 0.15) is 5.75 Å². The fraction of sp³-hybridized carbons (Fsp3) is 0.200. The van der Waals surface area contributed by atoms with Crippen LogP contribution in [0.3, 0.4) is 0 Å². The highest BCUT2D eigenvalue weighted by molar-refractivity contribution is 9.11. The fourth-order valence-electron chi connectivity index (χ4n) is 1.04. The number of carbonyl (C=O) groups is 2. The molecule has 1 atom stereocenters. The minimum atomic E-state index is -0.902. The van der Waals surface area contributed by atoms with Crippen molar-refractivity contribution in [2.45, 2.75) is 13.0 Å². The predicted molar refractivity (Wildman–Crippen MR) is 69.7 cm³/mol. The summed E-state index contributed by atoms with van der Waals surface area (Å²) < 4.78 is 6.96. The summed E-state index contributed by atoms with van der Waals surface area (Å²) in [6, 6.07) is 4.36. The quantitative estimate of drug-likeness (QED) is 0.861. The van der Waals surface area contributed by atoms with Crippen molar-refractivity contribution in [3.63, 3.8) is 0 Å². The normalized spacial score (nSPS) is 11.7. The first-order chi connectivity index (χ1) is 7.90. The van der Waals surface area contributed by atoms with E-state index < -0.39 is 18.0 Å². The lowest BCUT2D eigenvalue weighted by Gasteiger charge is -2.14. The highest BCUT2D eigenvalue weighted by Crippen LogP contribution is 2.28. The van der Waals surface area contributed by atoms with Gasteiger partial charge in [-0.05, 0) is 41.1 Å². The molecule has 7 heteroatoms. The molecule has 0 heterocycles. The van der Waals surface area contributed by atoms with Crippen LogP contribution in [0.15, 0.2) is 27.1 Å². The molecule has 1 aromatic rings. The molecule has 0 bridgehead atoms. The van der Waals surface area contributed by atoms with Gasteiger partial charge in [-0.1, -0.05) is 15.9 Å². The summed E-state index contributed by atoms with van der Waals surface area (Å²) in [4.78, 5) is 21.9. The number of urea groups is 1. The number of rotatable bonds is 3. The van der Waals surface area contributed by atoms with Crippen molar-refractivity contribution in [2.75, 3.05) is 0 Å². The predicted octanol–water partition coefficient (Wildman–Crippen LogP) is 2.17. The molecule has 1 rings (SSSR count). The Morgan fingerprint density at radius 2 is 2.06 bits per heavy atom. The van der Waals surface area contributed by atoms with Crippen LogP contribution in [-0.4, -0.2) is 18.0 Å². The maximum atomic E-state index is 11.4. The van der Waals surface area contributed by atoms with Gasteiger partial charge in [-0.2, -0.15) is 0 Å². The van der Waals surface area contributed by atoms with E-state index >= 15 is 0 Å². The molecule has 3 amide bonds. The van der Waals surface area contributed by atoms with Crippen molar-refractivity contribution in [1.82, 2.24) is 5.32 Å². The summed E-state index contributed by atoms with van der Waals surface area (Å²) >= 11 is 6.60. The molecule has 0 saturated carbocycles. The minimum Gasteiger partial charge on any atom is -0.480 e. The van der Waals surface area contributed by atoms with Crippen LogP contribution < -0.4 is 15.8 Å². The first-order valence-electron chi connectivity index (χ1n) is 4.62. The van der Waals surface area contributed by atoms with Crippen LogP contribution in [0.5, 0.6) is 5.75 Å². The van der Waals surface area contributed by atoms with Crippen LogP contribution in [0, 0.1) is 0 Å². The molecule has 17 heavy (non-hydrogen) atoms. The number of nitrogens with two attached hydrogens (primary N) is 1. The van der Waals surface area contributed by atoms with Crippen molar-refractivity contribution < 1.29 is 14.3 Å². The Kier molecular flexibility index (Phi) is 4.95. The highest BCUT2D eigenvalue weighted by atomic mass is 79.9. The van der Waals surface area contributed by atoms with E-state index in [0.29, 0.717) is 10.2 Å². The monoisotopic (exact) mass is 364 g/mol. The number of primary amides is 1. The summed E-state index contributed by atoms with van der Waals surface area (Å²) in [5.41, 5.74) is 4.83. The summed E-state index contributed by atoms with van der Waals surface area (Å²) in [5.74, 6) is -0.0901.